The fourth-order valence-electron chi connectivity index (χ4n) is 3.02. The molecule has 3 aromatic rings. The summed E-state index contributed by atoms with van der Waals surface area (Å²) in [4.78, 5) is 20.4. The topological polar surface area (TPSA) is 92.5 Å². The van der Waals surface area contributed by atoms with Crippen LogP contribution in [0.5, 0.6) is 6.01 Å². The maximum absolute atomic E-state index is 12.1. The van der Waals surface area contributed by atoms with Crippen LogP contribution in [-0.2, 0) is 10.4 Å². The Morgan fingerprint density at radius 1 is 0.926 bits per heavy atom. The largest absolute Gasteiger partial charge is 0.478 e. The van der Waals surface area contributed by atoms with Gasteiger partial charge in [-0.1, -0.05) is 60.7 Å². The monoisotopic (exact) mass is 364 g/mol. The molecule has 27 heavy (non-hydrogen) atoms. The third-order valence-electron chi connectivity index (χ3n) is 4.22. The van der Waals surface area contributed by atoms with Crippen LogP contribution in [0.4, 0.5) is 0 Å². The second-order valence-corrected chi connectivity index (χ2v) is 6.27. The van der Waals surface area contributed by atoms with E-state index in [1.165, 1.54) is 0 Å². The smallest absolute Gasteiger partial charge is 0.348 e. The number of carbonyl (C=O) groups is 1. The molecule has 0 fully saturated rings. The molecule has 0 aliphatic rings. The molecular formula is C21H20N2O4. The van der Waals surface area contributed by atoms with Crippen LogP contribution in [0.25, 0.3) is 0 Å². The van der Waals surface area contributed by atoms with Crippen LogP contribution in [0, 0.1) is 13.8 Å². The van der Waals surface area contributed by atoms with Crippen LogP contribution in [0.15, 0.2) is 66.7 Å². The van der Waals surface area contributed by atoms with E-state index in [2.05, 4.69) is 9.97 Å². The van der Waals surface area contributed by atoms with Gasteiger partial charge in [-0.3, -0.25) is 0 Å². The molecule has 1 atom stereocenters. The number of aliphatic carboxylic acids is 1. The Kier molecular flexibility index (Phi) is 5.19. The van der Waals surface area contributed by atoms with Gasteiger partial charge in [0.2, 0.25) is 6.10 Å². The summed E-state index contributed by atoms with van der Waals surface area (Å²) in [6.07, 6.45) is -1.65. The van der Waals surface area contributed by atoms with Gasteiger partial charge in [0.15, 0.2) is 5.60 Å². The van der Waals surface area contributed by atoms with E-state index in [9.17, 15) is 15.0 Å². The van der Waals surface area contributed by atoms with Gasteiger partial charge in [-0.2, -0.15) is 0 Å². The number of ether oxygens (including phenoxy) is 1. The number of benzene rings is 2. The Bertz CT molecular complexity index is 870. The predicted octanol–water partition coefficient (Wildman–Crippen LogP) is 2.86. The van der Waals surface area contributed by atoms with E-state index in [1.54, 1.807) is 80.6 Å². The summed E-state index contributed by atoms with van der Waals surface area (Å²) in [5.74, 6) is -1.33. The molecule has 0 amide bonds. The molecule has 0 saturated heterocycles. The highest BCUT2D eigenvalue weighted by Gasteiger charge is 2.47. The van der Waals surface area contributed by atoms with E-state index in [-0.39, 0.29) is 6.01 Å². The van der Waals surface area contributed by atoms with Crippen molar-refractivity contribution < 1.29 is 19.7 Å². The maximum atomic E-state index is 12.1. The molecule has 0 aliphatic heterocycles. The molecule has 0 radical (unpaired) electrons. The van der Waals surface area contributed by atoms with Crippen LogP contribution in [0.3, 0.4) is 0 Å². The van der Waals surface area contributed by atoms with Crippen LogP contribution >= 0.6 is 0 Å². The zero-order valence-corrected chi connectivity index (χ0v) is 15.0. The lowest BCUT2D eigenvalue weighted by Crippen LogP contribution is -2.49. The van der Waals surface area contributed by atoms with E-state index in [4.69, 9.17) is 4.74 Å². The second kappa shape index (κ2) is 7.55. The number of hydrogen-bond donors (Lipinski definition) is 2. The number of rotatable bonds is 6. The van der Waals surface area contributed by atoms with Gasteiger partial charge < -0.3 is 14.9 Å². The van der Waals surface area contributed by atoms with E-state index in [0.29, 0.717) is 22.5 Å². The van der Waals surface area contributed by atoms with Gasteiger partial charge in [-0.05, 0) is 31.0 Å². The third-order valence-corrected chi connectivity index (χ3v) is 4.22. The van der Waals surface area contributed by atoms with E-state index in [1.807, 2.05) is 0 Å². The molecule has 138 valence electrons. The van der Waals surface area contributed by atoms with Crippen molar-refractivity contribution in [2.45, 2.75) is 25.6 Å². The van der Waals surface area contributed by atoms with E-state index >= 15 is 0 Å². The van der Waals surface area contributed by atoms with Crippen molar-refractivity contribution in [2.24, 2.45) is 0 Å². The van der Waals surface area contributed by atoms with Crippen molar-refractivity contribution in [1.29, 1.82) is 0 Å². The highest BCUT2D eigenvalue weighted by Crippen LogP contribution is 2.35. The fourth-order valence-corrected chi connectivity index (χ4v) is 3.02. The van der Waals surface area contributed by atoms with Crippen LogP contribution in [0.2, 0.25) is 0 Å². The summed E-state index contributed by atoms with van der Waals surface area (Å²) >= 11 is 0. The molecule has 3 rings (SSSR count). The number of hydrogen-bond acceptors (Lipinski definition) is 5. The van der Waals surface area contributed by atoms with Crippen molar-refractivity contribution in [2.75, 3.05) is 0 Å². The van der Waals surface area contributed by atoms with E-state index in [0.717, 1.165) is 0 Å². The highest BCUT2D eigenvalue weighted by atomic mass is 16.5. The number of carboxylic acids is 1. The number of nitrogens with zero attached hydrogens (tertiary/aromatic N) is 2. The van der Waals surface area contributed by atoms with Crippen LogP contribution in [-0.4, -0.2) is 32.3 Å². The zero-order valence-electron chi connectivity index (χ0n) is 15.0. The zero-order chi connectivity index (χ0) is 19.4. The summed E-state index contributed by atoms with van der Waals surface area (Å²) in [6, 6.07) is 18.8. The quantitative estimate of drug-likeness (QED) is 0.699. The number of aryl methyl sites for hydroxylation is 2. The van der Waals surface area contributed by atoms with Gasteiger partial charge in [-0.15, -0.1) is 0 Å². The first kappa shape index (κ1) is 18.5. The minimum absolute atomic E-state index is 0.0924. The Labute approximate surface area is 157 Å². The standard InChI is InChI=1S/C21H20N2O4/c1-14-13-15(2)23-20(22-14)27-18(19(24)25)21(26,16-9-5-3-6-10-16)17-11-7-4-8-12-17/h3-13,18,26H,1-2H3,(H,24,25). The number of carboxylic acid groups (broad SMARTS) is 1. The normalized spacial score (nSPS) is 12.4. The minimum Gasteiger partial charge on any atom is -0.478 e. The Hall–Kier alpha value is -3.25. The summed E-state index contributed by atoms with van der Waals surface area (Å²) in [5, 5.41) is 21.5. The molecule has 6 nitrogen and oxygen atoms in total. The van der Waals surface area contributed by atoms with Crippen molar-refractivity contribution in [1.82, 2.24) is 9.97 Å². The van der Waals surface area contributed by atoms with Crippen LogP contribution < -0.4 is 4.74 Å². The predicted molar refractivity (Wildman–Crippen MR) is 99.4 cm³/mol. The molecule has 0 bridgehead atoms. The minimum atomic E-state index is -1.94. The lowest BCUT2D eigenvalue weighted by molar-refractivity contribution is -0.157. The third kappa shape index (κ3) is 3.80. The molecule has 0 aliphatic carbocycles. The average Bonchev–Trinajstić information content (AvgIpc) is 2.66. The molecular weight excluding hydrogens is 344 g/mol. The molecule has 2 aromatic carbocycles. The van der Waals surface area contributed by atoms with Gasteiger partial charge in [0, 0.05) is 11.4 Å². The first-order chi connectivity index (χ1) is 12.9. The lowest BCUT2D eigenvalue weighted by Gasteiger charge is -2.34. The molecule has 0 saturated carbocycles. The molecule has 1 heterocycles. The van der Waals surface area contributed by atoms with Gasteiger partial charge in [0.1, 0.15) is 0 Å². The molecule has 0 spiro atoms. The van der Waals surface area contributed by atoms with Crippen molar-refractivity contribution in [3.8, 4) is 6.01 Å². The number of aromatic nitrogens is 2. The molecule has 2 N–H and O–H groups in total. The molecule has 1 unspecified atom stereocenters. The fraction of sp³-hybridized carbons (Fsp3) is 0.190. The summed E-state index contributed by atoms with van der Waals surface area (Å²) in [7, 11) is 0. The first-order valence-electron chi connectivity index (χ1n) is 8.46. The average molecular weight is 364 g/mol. The highest BCUT2D eigenvalue weighted by molar-refractivity contribution is 5.76. The number of aliphatic hydroxyl groups is 1. The SMILES string of the molecule is Cc1cc(C)nc(OC(C(=O)O)C(O)(c2ccccc2)c2ccccc2)n1. The van der Waals surface area contributed by atoms with Crippen molar-refractivity contribution >= 4 is 5.97 Å². The van der Waals surface area contributed by atoms with Crippen molar-refractivity contribution in [3.63, 3.8) is 0 Å². The lowest BCUT2D eigenvalue weighted by atomic mass is 9.81. The van der Waals surface area contributed by atoms with E-state index < -0.39 is 17.7 Å². The van der Waals surface area contributed by atoms with Gasteiger partial charge >= 0.3 is 12.0 Å². The van der Waals surface area contributed by atoms with Crippen LogP contribution in [0.1, 0.15) is 22.5 Å². The van der Waals surface area contributed by atoms with Crippen molar-refractivity contribution in [3.05, 3.63) is 89.2 Å². The summed E-state index contributed by atoms with van der Waals surface area (Å²) in [5.41, 5.74) is 0.144. The Balaban J connectivity index is 2.14. The maximum Gasteiger partial charge on any atom is 0.348 e. The summed E-state index contributed by atoms with van der Waals surface area (Å²) < 4.78 is 5.64. The first-order valence-corrected chi connectivity index (χ1v) is 8.46. The molecule has 6 heteroatoms. The van der Waals surface area contributed by atoms with Gasteiger partial charge in [-0.25, -0.2) is 14.8 Å². The Morgan fingerprint density at radius 2 is 1.37 bits per heavy atom. The summed E-state index contributed by atoms with van der Waals surface area (Å²) in [6.45, 7) is 3.52. The van der Waals surface area contributed by atoms with Gasteiger partial charge in [0.05, 0.1) is 0 Å². The Morgan fingerprint density at radius 3 is 1.78 bits per heavy atom. The molecule has 1 aromatic heterocycles. The second-order valence-electron chi connectivity index (χ2n) is 6.27. The van der Waals surface area contributed by atoms with Gasteiger partial charge in [0.25, 0.3) is 0 Å².